The molecule has 0 fully saturated rings. The van der Waals surface area contributed by atoms with Crippen LogP contribution in [0.4, 0.5) is 0 Å². The Morgan fingerprint density at radius 1 is 0.900 bits per heavy atom. The van der Waals surface area contributed by atoms with Gasteiger partial charge in [0.05, 0.1) is 0 Å². The SMILES string of the molecule is CC(C)c1ccc2ccccc2c1C(C)C.O=[P+](O)O. The Labute approximate surface area is 121 Å². The summed E-state index contributed by atoms with van der Waals surface area (Å²) >= 11 is 0. The second kappa shape index (κ2) is 7.49. The average molecular weight is 293 g/mol. The van der Waals surface area contributed by atoms with Gasteiger partial charge in [-0.3, -0.25) is 0 Å². The lowest BCUT2D eigenvalue weighted by Gasteiger charge is -2.18. The lowest BCUT2D eigenvalue weighted by atomic mass is 9.86. The fraction of sp³-hybridized carbons (Fsp3) is 0.375. The molecule has 0 amide bonds. The quantitative estimate of drug-likeness (QED) is 0.788. The molecule has 0 bridgehead atoms. The number of fused-ring (bicyclic) bond motifs is 1. The average Bonchev–Trinajstić information content (AvgIpc) is 2.36. The van der Waals surface area contributed by atoms with Crippen LogP contribution in [0.2, 0.25) is 0 Å². The fourth-order valence-corrected chi connectivity index (χ4v) is 2.46. The molecule has 0 aliphatic carbocycles. The predicted molar refractivity (Wildman–Crippen MR) is 84.2 cm³/mol. The van der Waals surface area contributed by atoms with E-state index in [0.717, 1.165) is 0 Å². The molecule has 0 atom stereocenters. The summed E-state index contributed by atoms with van der Waals surface area (Å²) < 4.78 is 8.70. The van der Waals surface area contributed by atoms with Gasteiger partial charge < -0.3 is 0 Å². The number of rotatable bonds is 2. The molecule has 0 radical (unpaired) electrons. The van der Waals surface area contributed by atoms with Crippen molar-refractivity contribution in [2.24, 2.45) is 0 Å². The smallest absolute Gasteiger partial charge is 0.134 e. The standard InChI is InChI=1S/C16H20.HO3P/c1-11(2)14-10-9-13-7-5-6-8-15(13)16(14)12(3)4;1-4(2)3/h5-12H,1-4H3;(H-,1,2,3)/p+1. The van der Waals surface area contributed by atoms with E-state index in [0.29, 0.717) is 11.8 Å². The van der Waals surface area contributed by atoms with Crippen LogP contribution in [-0.4, -0.2) is 9.79 Å². The van der Waals surface area contributed by atoms with Crippen molar-refractivity contribution in [1.82, 2.24) is 0 Å². The Morgan fingerprint density at radius 2 is 1.45 bits per heavy atom. The largest absolute Gasteiger partial charge is 0.692 e. The van der Waals surface area contributed by atoms with Crippen molar-refractivity contribution in [3.63, 3.8) is 0 Å². The zero-order valence-corrected chi connectivity index (χ0v) is 13.3. The topological polar surface area (TPSA) is 57.5 Å². The van der Waals surface area contributed by atoms with E-state index in [1.807, 2.05) is 0 Å². The molecule has 2 N–H and O–H groups in total. The molecule has 0 aliphatic heterocycles. The van der Waals surface area contributed by atoms with Gasteiger partial charge in [-0.15, -0.1) is 9.79 Å². The van der Waals surface area contributed by atoms with Gasteiger partial charge in [-0.2, -0.15) is 0 Å². The van der Waals surface area contributed by atoms with Gasteiger partial charge in [0, 0.05) is 4.57 Å². The monoisotopic (exact) mass is 293 g/mol. The van der Waals surface area contributed by atoms with E-state index in [1.165, 1.54) is 21.9 Å². The van der Waals surface area contributed by atoms with Gasteiger partial charge >= 0.3 is 8.25 Å². The lowest BCUT2D eigenvalue weighted by Crippen LogP contribution is -1.99. The summed E-state index contributed by atoms with van der Waals surface area (Å²) in [5.74, 6) is 1.19. The zero-order valence-electron chi connectivity index (χ0n) is 12.4. The minimum absolute atomic E-state index is 0.587. The highest BCUT2D eigenvalue weighted by atomic mass is 31.1. The Kier molecular flexibility index (Phi) is 6.28. The molecule has 4 heteroatoms. The summed E-state index contributed by atoms with van der Waals surface area (Å²) in [6.45, 7) is 9.12. The van der Waals surface area contributed by atoms with Crippen molar-refractivity contribution in [3.8, 4) is 0 Å². The van der Waals surface area contributed by atoms with Gasteiger partial charge in [-0.25, -0.2) is 0 Å². The van der Waals surface area contributed by atoms with Gasteiger partial charge in [0.15, 0.2) is 0 Å². The second-order valence-corrected chi connectivity index (χ2v) is 5.86. The van der Waals surface area contributed by atoms with E-state index in [9.17, 15) is 0 Å². The lowest BCUT2D eigenvalue weighted by molar-refractivity contribution is 0.405. The molecule has 0 aromatic heterocycles. The van der Waals surface area contributed by atoms with Crippen LogP contribution in [-0.2, 0) is 4.57 Å². The number of benzene rings is 2. The highest BCUT2D eigenvalue weighted by Crippen LogP contribution is 2.32. The van der Waals surface area contributed by atoms with Crippen LogP contribution < -0.4 is 0 Å². The second-order valence-electron chi connectivity index (χ2n) is 5.35. The van der Waals surface area contributed by atoms with Crippen molar-refractivity contribution in [2.75, 3.05) is 0 Å². The molecular weight excluding hydrogens is 271 g/mol. The first-order chi connectivity index (χ1) is 9.34. The fourth-order valence-electron chi connectivity index (χ4n) is 2.46. The van der Waals surface area contributed by atoms with Crippen LogP contribution in [0, 0.1) is 0 Å². The third-order valence-corrected chi connectivity index (χ3v) is 3.20. The Bertz CT molecular complexity index is 587. The molecule has 2 rings (SSSR count). The van der Waals surface area contributed by atoms with Gasteiger partial charge in [0.1, 0.15) is 0 Å². The van der Waals surface area contributed by atoms with Crippen LogP contribution in [0.15, 0.2) is 36.4 Å². The van der Waals surface area contributed by atoms with Crippen LogP contribution in [0.25, 0.3) is 10.8 Å². The summed E-state index contributed by atoms with van der Waals surface area (Å²) in [5, 5.41) is 2.78. The molecule has 0 heterocycles. The van der Waals surface area contributed by atoms with Crippen molar-refractivity contribution in [1.29, 1.82) is 0 Å². The summed E-state index contributed by atoms with van der Waals surface area (Å²) in [7, 11) is -2.87. The van der Waals surface area contributed by atoms with Crippen LogP contribution >= 0.6 is 8.25 Å². The minimum atomic E-state index is -2.87. The molecule has 2 aromatic rings. The molecule has 108 valence electrons. The van der Waals surface area contributed by atoms with E-state index in [1.54, 1.807) is 0 Å². The van der Waals surface area contributed by atoms with Crippen molar-refractivity contribution < 1.29 is 14.4 Å². The highest BCUT2D eigenvalue weighted by molar-refractivity contribution is 7.30. The number of hydrogen-bond acceptors (Lipinski definition) is 1. The van der Waals surface area contributed by atoms with Crippen molar-refractivity contribution >= 4 is 19.0 Å². The Balaban J connectivity index is 0.000000444. The molecule has 0 saturated carbocycles. The first-order valence-corrected chi connectivity index (χ1v) is 7.87. The van der Waals surface area contributed by atoms with Crippen LogP contribution in [0.1, 0.15) is 50.7 Å². The van der Waals surface area contributed by atoms with Crippen LogP contribution in [0.3, 0.4) is 0 Å². The molecule has 3 nitrogen and oxygen atoms in total. The normalized spacial score (nSPS) is 10.6. The number of hydrogen-bond donors (Lipinski definition) is 2. The summed E-state index contributed by atoms with van der Waals surface area (Å²) in [4.78, 5) is 14.2. The first kappa shape index (κ1) is 16.8. The highest BCUT2D eigenvalue weighted by Gasteiger charge is 2.12. The van der Waals surface area contributed by atoms with Crippen molar-refractivity contribution in [2.45, 2.75) is 39.5 Å². The van der Waals surface area contributed by atoms with E-state index in [2.05, 4.69) is 64.1 Å². The third-order valence-electron chi connectivity index (χ3n) is 3.20. The molecule has 0 aliphatic rings. The molecular formula is C16H22O3P+. The first-order valence-electron chi connectivity index (χ1n) is 6.71. The van der Waals surface area contributed by atoms with E-state index in [4.69, 9.17) is 14.4 Å². The van der Waals surface area contributed by atoms with Gasteiger partial charge in [-0.1, -0.05) is 64.1 Å². The molecule has 0 unspecified atom stereocenters. The maximum absolute atomic E-state index is 8.70. The third kappa shape index (κ3) is 4.38. The summed E-state index contributed by atoms with van der Waals surface area (Å²) in [5.41, 5.74) is 3.02. The van der Waals surface area contributed by atoms with E-state index in [-0.39, 0.29) is 0 Å². The van der Waals surface area contributed by atoms with Crippen molar-refractivity contribution in [3.05, 3.63) is 47.5 Å². The van der Waals surface area contributed by atoms with Gasteiger partial charge in [0.25, 0.3) is 0 Å². The van der Waals surface area contributed by atoms with E-state index >= 15 is 0 Å². The predicted octanol–water partition coefficient (Wildman–Crippen LogP) is 4.72. The molecule has 0 saturated heterocycles. The van der Waals surface area contributed by atoms with E-state index < -0.39 is 8.25 Å². The Morgan fingerprint density at radius 3 is 1.95 bits per heavy atom. The summed E-state index contributed by atoms with van der Waals surface area (Å²) in [6.07, 6.45) is 0. The zero-order chi connectivity index (χ0) is 15.3. The van der Waals surface area contributed by atoms with Gasteiger partial charge in [0.2, 0.25) is 0 Å². The van der Waals surface area contributed by atoms with Gasteiger partial charge in [-0.05, 0) is 33.7 Å². The Hall–Kier alpha value is -1.28. The molecule has 2 aromatic carbocycles. The maximum atomic E-state index is 8.70. The summed E-state index contributed by atoms with van der Waals surface area (Å²) in [6, 6.07) is 13.2. The minimum Gasteiger partial charge on any atom is -0.134 e. The molecule has 0 spiro atoms. The maximum Gasteiger partial charge on any atom is 0.692 e. The molecule has 20 heavy (non-hydrogen) atoms. The van der Waals surface area contributed by atoms with Crippen LogP contribution in [0.5, 0.6) is 0 Å².